The summed E-state index contributed by atoms with van der Waals surface area (Å²) >= 11 is 0. The van der Waals surface area contributed by atoms with E-state index in [2.05, 4.69) is 37.5 Å². The summed E-state index contributed by atoms with van der Waals surface area (Å²) in [5.74, 6) is -1.44. The van der Waals surface area contributed by atoms with Gasteiger partial charge in [-0.15, -0.1) is 0 Å². The summed E-state index contributed by atoms with van der Waals surface area (Å²) in [6.45, 7) is 14.8. The lowest BCUT2D eigenvalue weighted by atomic mass is 9.41. The van der Waals surface area contributed by atoms with E-state index in [9.17, 15) is 19.5 Å². The van der Waals surface area contributed by atoms with Gasteiger partial charge in [0.05, 0.1) is 0 Å². The van der Waals surface area contributed by atoms with E-state index < -0.39 is 52.2 Å². The van der Waals surface area contributed by atoms with Gasteiger partial charge in [0.25, 0.3) is 0 Å². The van der Waals surface area contributed by atoms with E-state index in [0.717, 1.165) is 23.0 Å². The van der Waals surface area contributed by atoms with Gasteiger partial charge in [0.15, 0.2) is 11.9 Å². The molecule has 2 bridgehead atoms. The fraction of sp³-hybridized carbons (Fsp3) is 0.583. The van der Waals surface area contributed by atoms with Gasteiger partial charge in [-0.1, -0.05) is 38.6 Å². The number of carbonyl (C=O) groups excluding carboxylic acids is 3. The van der Waals surface area contributed by atoms with Gasteiger partial charge in [-0.05, 0) is 63.7 Å². The number of aromatic nitrogens is 1. The molecule has 7 atom stereocenters. The van der Waals surface area contributed by atoms with Crippen molar-refractivity contribution >= 4 is 28.9 Å². The largest absolute Gasteiger partial charge is 0.460 e. The molecule has 2 amide bonds. The first-order valence-corrected chi connectivity index (χ1v) is 16.7. The third kappa shape index (κ3) is 3.95. The normalized spacial score (nSPS) is 37.4. The number of hydrogen-bond donors (Lipinski definition) is 2. The lowest BCUT2D eigenvalue weighted by molar-refractivity contribution is -0.267. The van der Waals surface area contributed by atoms with Gasteiger partial charge in [-0.3, -0.25) is 4.79 Å². The summed E-state index contributed by atoms with van der Waals surface area (Å²) in [5, 5.41) is 14.6. The van der Waals surface area contributed by atoms with Crippen molar-refractivity contribution in [3.63, 3.8) is 0 Å². The van der Waals surface area contributed by atoms with Crippen LogP contribution in [0.2, 0.25) is 0 Å². The highest BCUT2D eigenvalue weighted by molar-refractivity contribution is 5.98. The molecule has 2 aromatic rings. The van der Waals surface area contributed by atoms with Crippen LogP contribution < -0.4 is 0 Å². The fourth-order valence-corrected chi connectivity index (χ4v) is 9.65. The minimum Gasteiger partial charge on any atom is -0.460 e. The van der Waals surface area contributed by atoms with Gasteiger partial charge in [0.1, 0.15) is 23.1 Å². The second-order valence-corrected chi connectivity index (χ2v) is 15.6. The van der Waals surface area contributed by atoms with Crippen molar-refractivity contribution in [2.45, 2.75) is 94.9 Å². The number of aromatic amines is 1. The Morgan fingerprint density at radius 1 is 1.06 bits per heavy atom. The van der Waals surface area contributed by atoms with Crippen molar-refractivity contribution in [2.75, 3.05) is 26.2 Å². The fourth-order valence-electron chi connectivity index (χ4n) is 9.65. The van der Waals surface area contributed by atoms with Crippen LogP contribution in [0, 0.1) is 11.3 Å². The van der Waals surface area contributed by atoms with Crippen LogP contribution in [0.1, 0.15) is 65.1 Å². The molecule has 1 spiro atoms. The third-order valence-corrected chi connectivity index (χ3v) is 12.2. The van der Waals surface area contributed by atoms with Crippen LogP contribution in [-0.2, 0) is 35.6 Å². The number of rotatable bonds is 1. The van der Waals surface area contributed by atoms with Gasteiger partial charge in [0.2, 0.25) is 5.79 Å². The molecule has 3 aliphatic carbocycles. The molecule has 2 N–H and O–H groups in total. The zero-order valence-corrected chi connectivity index (χ0v) is 27.7. The molecule has 3 aliphatic heterocycles. The molecule has 4 heterocycles. The highest BCUT2D eigenvalue weighted by atomic mass is 16.8. The van der Waals surface area contributed by atoms with Crippen LogP contribution >= 0.6 is 0 Å². The molecule has 0 radical (unpaired) electrons. The number of piperazine rings is 1. The average Bonchev–Trinajstić information content (AvgIpc) is 3.63. The standard InChI is InChI=1S/C36H43N3O8/c1-20-28-25(40)19-26-35(45-20,46-28)12-11-33(5)34(6)21(17-23-22-9-7-8-10-24(22)37-29(23)34)18-27(36(26,33)43)44-30(41)38-13-15-39(16-14-38)31(42)47-32(2,3)4/h7-10,19,21,27-28,37,43H,1,11-18H2,2-6H3/t21-,27+,28-,33-,34-,35-,36+/m1/s1. The Morgan fingerprint density at radius 3 is 2.45 bits per heavy atom. The molecule has 4 fully saturated rings. The van der Waals surface area contributed by atoms with E-state index in [0.29, 0.717) is 37.9 Å². The van der Waals surface area contributed by atoms with E-state index in [-0.39, 0.29) is 30.5 Å². The predicted octanol–water partition coefficient (Wildman–Crippen LogP) is 4.73. The van der Waals surface area contributed by atoms with Gasteiger partial charge in [-0.25, -0.2) is 9.59 Å². The molecular formula is C36H43N3O8. The van der Waals surface area contributed by atoms with Crippen LogP contribution in [0.5, 0.6) is 0 Å². The number of ketones is 1. The molecule has 250 valence electrons. The van der Waals surface area contributed by atoms with Crippen molar-refractivity contribution in [1.82, 2.24) is 14.8 Å². The number of nitrogens with zero attached hydrogens (tertiary/aromatic N) is 2. The Balaban J connectivity index is 1.16. The summed E-state index contributed by atoms with van der Waals surface area (Å²) in [5.41, 5.74) is -0.233. The monoisotopic (exact) mass is 645 g/mol. The number of amides is 2. The number of para-hydroxylation sites is 1. The summed E-state index contributed by atoms with van der Waals surface area (Å²) in [6, 6.07) is 8.24. The Labute approximate surface area is 273 Å². The zero-order chi connectivity index (χ0) is 33.3. The van der Waals surface area contributed by atoms with Crippen molar-refractivity contribution in [2.24, 2.45) is 11.3 Å². The van der Waals surface area contributed by atoms with E-state index in [1.807, 2.05) is 32.9 Å². The van der Waals surface area contributed by atoms with Crippen LogP contribution in [-0.4, -0.2) is 93.2 Å². The first-order chi connectivity index (χ1) is 22.1. The van der Waals surface area contributed by atoms with Gasteiger partial charge < -0.3 is 38.8 Å². The molecule has 11 heteroatoms. The van der Waals surface area contributed by atoms with Crippen LogP contribution in [0.15, 0.2) is 48.3 Å². The average molecular weight is 646 g/mol. The molecule has 2 saturated carbocycles. The smallest absolute Gasteiger partial charge is 0.410 e. The van der Waals surface area contributed by atoms with Crippen LogP contribution in [0.3, 0.4) is 0 Å². The summed E-state index contributed by atoms with van der Waals surface area (Å²) in [4.78, 5) is 46.8. The molecular weight excluding hydrogens is 602 g/mol. The number of H-pyrrole nitrogens is 1. The number of ether oxygens (including phenoxy) is 4. The first-order valence-electron chi connectivity index (χ1n) is 16.7. The highest BCUT2D eigenvalue weighted by Gasteiger charge is 2.78. The molecule has 1 aromatic heterocycles. The summed E-state index contributed by atoms with van der Waals surface area (Å²) < 4.78 is 24.4. The number of fused-ring (bicyclic) bond motifs is 9. The van der Waals surface area contributed by atoms with Crippen molar-refractivity contribution in [1.29, 1.82) is 0 Å². The topological polar surface area (TPSA) is 131 Å². The maximum atomic E-state index is 13.9. The van der Waals surface area contributed by atoms with Gasteiger partial charge in [0, 0.05) is 65.6 Å². The van der Waals surface area contributed by atoms with E-state index in [1.54, 1.807) is 9.80 Å². The second kappa shape index (κ2) is 9.63. The second-order valence-electron chi connectivity index (χ2n) is 15.6. The Kier molecular flexibility index (Phi) is 6.25. The van der Waals surface area contributed by atoms with Gasteiger partial charge in [-0.2, -0.15) is 0 Å². The van der Waals surface area contributed by atoms with Crippen molar-refractivity contribution in [3.05, 3.63) is 59.5 Å². The maximum absolute atomic E-state index is 13.9. The number of hydrogen-bond acceptors (Lipinski definition) is 8. The minimum absolute atomic E-state index is 0.0440. The number of benzene rings is 1. The van der Waals surface area contributed by atoms with Crippen LogP contribution in [0.4, 0.5) is 9.59 Å². The molecule has 8 rings (SSSR count). The van der Waals surface area contributed by atoms with E-state index >= 15 is 0 Å². The predicted molar refractivity (Wildman–Crippen MR) is 170 cm³/mol. The lowest BCUT2D eigenvalue weighted by Crippen LogP contribution is -2.75. The minimum atomic E-state index is -1.81. The summed E-state index contributed by atoms with van der Waals surface area (Å²) in [6.07, 6.45) is 0.586. The number of aliphatic hydroxyl groups is 1. The molecule has 47 heavy (non-hydrogen) atoms. The van der Waals surface area contributed by atoms with E-state index in [4.69, 9.17) is 18.9 Å². The first kappa shape index (κ1) is 30.5. The molecule has 0 unspecified atom stereocenters. The lowest BCUT2D eigenvalue weighted by Gasteiger charge is -2.66. The Bertz CT molecular complexity index is 1770. The van der Waals surface area contributed by atoms with Crippen molar-refractivity contribution in [3.8, 4) is 0 Å². The zero-order valence-electron chi connectivity index (χ0n) is 27.7. The Morgan fingerprint density at radius 2 is 1.74 bits per heavy atom. The molecule has 11 nitrogen and oxygen atoms in total. The number of carbonyl (C=O) groups is 3. The molecule has 6 aliphatic rings. The third-order valence-electron chi connectivity index (χ3n) is 12.2. The van der Waals surface area contributed by atoms with Gasteiger partial charge >= 0.3 is 12.2 Å². The maximum Gasteiger partial charge on any atom is 0.410 e. The molecule has 2 saturated heterocycles. The quantitative estimate of drug-likeness (QED) is 0.456. The summed E-state index contributed by atoms with van der Waals surface area (Å²) in [7, 11) is 0. The number of nitrogens with one attached hydrogen (secondary N) is 1. The van der Waals surface area contributed by atoms with Crippen molar-refractivity contribution < 1.29 is 38.4 Å². The van der Waals surface area contributed by atoms with Crippen LogP contribution in [0.25, 0.3) is 10.9 Å². The SMILES string of the molecule is C=C1O[C@@]23CC[C@]4(C)[C@@]5(C)c6[nH]c7ccccc7c6C[C@@H]5C[C@H](OC(=O)N5CCN(C(=O)OC(C)(C)C)CC5)[C@@]4(O)C2=CC(=O)[C@@H]1O3. The Hall–Kier alpha value is -3.83. The molecule has 1 aromatic carbocycles. The van der Waals surface area contributed by atoms with E-state index in [1.165, 1.54) is 11.6 Å². The highest BCUT2D eigenvalue weighted by Crippen LogP contribution is 2.72.